The molecule has 0 aliphatic carbocycles. The number of aromatic nitrogens is 6. The monoisotopic (exact) mass is 273 g/mol. The Morgan fingerprint density at radius 2 is 2.10 bits per heavy atom. The van der Waals surface area contributed by atoms with Gasteiger partial charge in [-0.3, -0.25) is 13.9 Å². The quantitative estimate of drug-likeness (QED) is 0.765. The fourth-order valence-corrected chi connectivity index (χ4v) is 2.56. The zero-order valence-corrected chi connectivity index (χ0v) is 12.0. The molecule has 0 saturated heterocycles. The van der Waals surface area contributed by atoms with Gasteiger partial charge in [0.25, 0.3) is 0 Å². The molecule has 3 rings (SSSR count). The van der Waals surface area contributed by atoms with E-state index in [1.54, 1.807) is 4.68 Å². The van der Waals surface area contributed by atoms with Gasteiger partial charge in [-0.05, 0) is 18.4 Å². The van der Waals surface area contributed by atoms with Crippen molar-refractivity contribution in [2.45, 2.75) is 26.3 Å². The average Bonchev–Trinajstić information content (AvgIpc) is 3.04. The van der Waals surface area contributed by atoms with Gasteiger partial charge in [0.2, 0.25) is 5.95 Å². The molecule has 3 heterocycles. The van der Waals surface area contributed by atoms with Crippen LogP contribution in [-0.2, 0) is 33.5 Å². The third kappa shape index (κ3) is 1.95. The van der Waals surface area contributed by atoms with Gasteiger partial charge in [-0.25, -0.2) is 4.98 Å². The molecule has 0 aliphatic rings. The van der Waals surface area contributed by atoms with Crippen LogP contribution in [0.1, 0.15) is 18.2 Å². The van der Waals surface area contributed by atoms with Crippen LogP contribution in [0.25, 0.3) is 11.2 Å². The Kier molecular flexibility index (Phi) is 2.96. The summed E-state index contributed by atoms with van der Waals surface area (Å²) < 4.78 is 5.69. The van der Waals surface area contributed by atoms with Crippen molar-refractivity contribution < 1.29 is 0 Å². The molecule has 0 amide bonds. The van der Waals surface area contributed by atoms with E-state index in [0.29, 0.717) is 5.95 Å². The van der Waals surface area contributed by atoms with Crippen molar-refractivity contribution in [3.05, 3.63) is 23.7 Å². The van der Waals surface area contributed by atoms with Crippen molar-refractivity contribution in [2.24, 2.45) is 14.1 Å². The van der Waals surface area contributed by atoms with Crippen molar-refractivity contribution in [1.82, 2.24) is 29.1 Å². The largest absolute Gasteiger partial charge is 0.369 e. The first-order valence-corrected chi connectivity index (χ1v) is 6.75. The summed E-state index contributed by atoms with van der Waals surface area (Å²) in [6.07, 6.45) is 5.63. The molecule has 7 nitrogen and oxygen atoms in total. The molecule has 3 aromatic heterocycles. The molecule has 20 heavy (non-hydrogen) atoms. The lowest BCUT2D eigenvalue weighted by atomic mass is 10.2. The number of nitrogens with two attached hydrogens (primary N) is 1. The van der Waals surface area contributed by atoms with Crippen LogP contribution >= 0.6 is 0 Å². The topological polar surface area (TPSA) is 79.5 Å². The summed E-state index contributed by atoms with van der Waals surface area (Å²) in [6, 6.07) is 0. The van der Waals surface area contributed by atoms with E-state index in [0.717, 1.165) is 36.2 Å². The van der Waals surface area contributed by atoms with Crippen molar-refractivity contribution in [3.63, 3.8) is 0 Å². The number of fused-ring (bicyclic) bond motifs is 1. The Hall–Kier alpha value is -2.31. The van der Waals surface area contributed by atoms with Crippen molar-refractivity contribution in [1.29, 1.82) is 0 Å². The normalized spacial score (nSPS) is 11.6. The molecular weight excluding hydrogens is 254 g/mol. The van der Waals surface area contributed by atoms with Crippen LogP contribution in [0.3, 0.4) is 0 Å². The van der Waals surface area contributed by atoms with E-state index < -0.39 is 0 Å². The number of nitrogens with zero attached hydrogens (tertiary/aromatic N) is 6. The van der Waals surface area contributed by atoms with Gasteiger partial charge in [0.05, 0.1) is 11.9 Å². The first-order valence-electron chi connectivity index (χ1n) is 6.75. The third-order valence-electron chi connectivity index (χ3n) is 3.54. The van der Waals surface area contributed by atoms with Crippen molar-refractivity contribution in [3.8, 4) is 0 Å². The molecule has 0 atom stereocenters. The molecule has 7 heteroatoms. The highest BCUT2D eigenvalue weighted by atomic mass is 15.3. The lowest BCUT2D eigenvalue weighted by molar-refractivity contribution is 0.676. The SMILES string of the molecule is CCc1nn(C)c2c1nc(N)n2CCc1cnn(C)c1. The molecule has 2 N–H and O–H groups in total. The van der Waals surface area contributed by atoms with E-state index >= 15 is 0 Å². The number of nitrogen functional groups attached to an aromatic ring is 1. The maximum Gasteiger partial charge on any atom is 0.202 e. The van der Waals surface area contributed by atoms with Gasteiger partial charge in [-0.2, -0.15) is 10.2 Å². The second kappa shape index (κ2) is 4.66. The van der Waals surface area contributed by atoms with Crippen LogP contribution in [0.5, 0.6) is 0 Å². The summed E-state index contributed by atoms with van der Waals surface area (Å²) >= 11 is 0. The Morgan fingerprint density at radius 3 is 2.75 bits per heavy atom. The Morgan fingerprint density at radius 1 is 1.30 bits per heavy atom. The van der Waals surface area contributed by atoms with E-state index in [1.165, 1.54) is 5.56 Å². The Bertz CT molecular complexity index is 746. The number of hydrogen-bond acceptors (Lipinski definition) is 4. The number of imidazole rings is 1. The second-order valence-corrected chi connectivity index (χ2v) is 4.99. The minimum Gasteiger partial charge on any atom is -0.369 e. The summed E-state index contributed by atoms with van der Waals surface area (Å²) in [5, 5.41) is 8.67. The molecule has 3 aromatic rings. The Labute approximate surface area is 117 Å². The molecular formula is C13H19N7. The maximum atomic E-state index is 6.05. The lowest BCUT2D eigenvalue weighted by Crippen LogP contribution is -2.08. The third-order valence-corrected chi connectivity index (χ3v) is 3.54. The minimum absolute atomic E-state index is 0.548. The highest BCUT2D eigenvalue weighted by Crippen LogP contribution is 2.21. The number of aryl methyl sites for hydroxylation is 5. The standard InChI is InChI=1S/C13H19N7/c1-4-10-11-12(19(3)17-10)20(13(14)16-11)6-5-9-7-15-18(2)8-9/h7-8H,4-6H2,1-3H3,(H2,14,16). The smallest absolute Gasteiger partial charge is 0.202 e. The van der Waals surface area contributed by atoms with Crippen LogP contribution < -0.4 is 5.73 Å². The first kappa shape index (κ1) is 12.7. The van der Waals surface area contributed by atoms with Crippen LogP contribution in [0.15, 0.2) is 12.4 Å². The lowest BCUT2D eigenvalue weighted by Gasteiger charge is -2.05. The van der Waals surface area contributed by atoms with Crippen molar-refractivity contribution >= 4 is 17.1 Å². The fraction of sp³-hybridized carbons (Fsp3) is 0.462. The van der Waals surface area contributed by atoms with Gasteiger partial charge in [0.1, 0.15) is 5.52 Å². The van der Waals surface area contributed by atoms with Gasteiger partial charge in [-0.15, -0.1) is 0 Å². The van der Waals surface area contributed by atoms with E-state index in [9.17, 15) is 0 Å². The highest BCUT2D eigenvalue weighted by Gasteiger charge is 2.16. The molecule has 0 aliphatic heterocycles. The van der Waals surface area contributed by atoms with E-state index in [4.69, 9.17) is 5.73 Å². The first-order chi connectivity index (χ1) is 9.60. The summed E-state index contributed by atoms with van der Waals surface area (Å²) in [5.41, 5.74) is 10.1. The predicted molar refractivity (Wildman–Crippen MR) is 77.2 cm³/mol. The zero-order valence-electron chi connectivity index (χ0n) is 12.0. The fourth-order valence-electron chi connectivity index (χ4n) is 2.56. The summed E-state index contributed by atoms with van der Waals surface area (Å²) in [4.78, 5) is 4.46. The van der Waals surface area contributed by atoms with Crippen LogP contribution in [0.2, 0.25) is 0 Å². The summed E-state index contributed by atoms with van der Waals surface area (Å²) in [5.74, 6) is 0.548. The van der Waals surface area contributed by atoms with Gasteiger partial charge in [0, 0.05) is 26.8 Å². The van der Waals surface area contributed by atoms with E-state index in [2.05, 4.69) is 22.1 Å². The molecule has 0 unspecified atom stereocenters. The summed E-state index contributed by atoms with van der Waals surface area (Å²) in [7, 11) is 3.85. The molecule has 0 fully saturated rings. The van der Waals surface area contributed by atoms with E-state index in [1.807, 2.05) is 35.7 Å². The molecule has 106 valence electrons. The van der Waals surface area contributed by atoms with Gasteiger partial charge in [0.15, 0.2) is 5.65 Å². The number of hydrogen-bond donors (Lipinski definition) is 1. The predicted octanol–water partition coefficient (Wildman–Crippen LogP) is 0.891. The van der Waals surface area contributed by atoms with Crippen LogP contribution in [-0.4, -0.2) is 29.1 Å². The van der Waals surface area contributed by atoms with E-state index in [-0.39, 0.29) is 0 Å². The zero-order chi connectivity index (χ0) is 14.3. The van der Waals surface area contributed by atoms with Gasteiger partial charge < -0.3 is 5.73 Å². The van der Waals surface area contributed by atoms with Crippen molar-refractivity contribution in [2.75, 3.05) is 5.73 Å². The highest BCUT2D eigenvalue weighted by molar-refractivity contribution is 5.77. The molecule has 0 aromatic carbocycles. The molecule has 0 saturated carbocycles. The van der Waals surface area contributed by atoms with Gasteiger partial charge >= 0.3 is 0 Å². The second-order valence-electron chi connectivity index (χ2n) is 4.99. The molecule has 0 radical (unpaired) electrons. The maximum absolute atomic E-state index is 6.05. The molecule has 0 bridgehead atoms. The van der Waals surface area contributed by atoms with Gasteiger partial charge in [-0.1, -0.05) is 6.92 Å². The summed E-state index contributed by atoms with van der Waals surface area (Å²) in [6.45, 7) is 2.85. The van der Waals surface area contributed by atoms with Crippen LogP contribution in [0.4, 0.5) is 5.95 Å². The Balaban J connectivity index is 1.94. The molecule has 0 spiro atoms. The number of rotatable bonds is 4. The number of anilines is 1. The average molecular weight is 273 g/mol. The minimum atomic E-state index is 0.548. The van der Waals surface area contributed by atoms with Crippen LogP contribution in [0, 0.1) is 0 Å².